The molecule has 11 rings (SSSR count). The van der Waals surface area contributed by atoms with Gasteiger partial charge in [-0.1, -0.05) is 91.0 Å². The van der Waals surface area contributed by atoms with Crippen LogP contribution >= 0.6 is 0 Å². The zero-order chi connectivity index (χ0) is 33.1. The number of hydrogen-bond donors (Lipinski definition) is 0. The van der Waals surface area contributed by atoms with Gasteiger partial charge in [0, 0.05) is 22.1 Å². The van der Waals surface area contributed by atoms with Gasteiger partial charge in [0.1, 0.15) is 0 Å². The summed E-state index contributed by atoms with van der Waals surface area (Å²) >= 11 is 0. The van der Waals surface area contributed by atoms with Crippen LogP contribution in [0.4, 0.5) is 17.1 Å². The third-order valence-electron chi connectivity index (χ3n) is 11.0. The van der Waals surface area contributed by atoms with Crippen molar-refractivity contribution in [1.82, 2.24) is 0 Å². The van der Waals surface area contributed by atoms with Crippen molar-refractivity contribution in [3.63, 3.8) is 0 Å². The highest BCUT2D eigenvalue weighted by Crippen LogP contribution is 2.52. The predicted octanol–water partition coefficient (Wildman–Crippen LogP) is 13.4. The topological polar surface area (TPSA) is 27.0 Å². The summed E-state index contributed by atoms with van der Waals surface area (Å²) in [6.45, 7) is 2.15. The Labute approximate surface area is 288 Å². The van der Waals surface area contributed by atoms with E-state index in [0.29, 0.717) is 5.56 Å². The van der Waals surface area contributed by atoms with Gasteiger partial charge in [0.05, 0.1) is 17.3 Å². The van der Waals surface area contributed by atoms with Crippen LogP contribution in [0.15, 0.2) is 152 Å². The van der Waals surface area contributed by atoms with Gasteiger partial charge in [-0.2, -0.15) is 5.26 Å². The normalized spacial score (nSPS) is 12.1. The summed E-state index contributed by atoms with van der Waals surface area (Å²) in [5.41, 5.74) is 5.23. The highest BCUT2D eigenvalue weighted by Gasteiger charge is 2.25. The summed E-state index contributed by atoms with van der Waals surface area (Å²) in [7, 11) is 0. The smallest absolute Gasteiger partial charge is 0.0992 e. The first-order valence-electron chi connectivity index (χ1n) is 17.2. The van der Waals surface area contributed by atoms with Crippen molar-refractivity contribution >= 4 is 103 Å². The highest BCUT2D eigenvalue weighted by molar-refractivity contribution is 6.40. The maximum absolute atomic E-state index is 10.2. The molecule has 0 saturated heterocycles. The number of anilines is 3. The molecule has 0 atom stereocenters. The van der Waals surface area contributed by atoms with E-state index in [9.17, 15) is 5.26 Å². The van der Waals surface area contributed by atoms with Crippen LogP contribution in [0.3, 0.4) is 0 Å². The minimum atomic E-state index is 0.688. The predicted molar refractivity (Wildman–Crippen MR) is 213 cm³/mol. The van der Waals surface area contributed by atoms with E-state index < -0.39 is 0 Å². The average molecular weight is 633 g/mol. The molecule has 0 N–H and O–H groups in total. The molecule has 0 spiro atoms. The maximum Gasteiger partial charge on any atom is 0.0992 e. The monoisotopic (exact) mass is 632 g/mol. The van der Waals surface area contributed by atoms with Gasteiger partial charge < -0.3 is 4.90 Å². The number of rotatable bonds is 3. The van der Waals surface area contributed by atoms with Crippen molar-refractivity contribution in [3.05, 3.63) is 163 Å². The second-order valence-corrected chi connectivity index (χ2v) is 13.6. The summed E-state index contributed by atoms with van der Waals surface area (Å²) in [6, 6.07) is 57.7. The highest BCUT2D eigenvalue weighted by atomic mass is 15.1. The van der Waals surface area contributed by atoms with Gasteiger partial charge in [-0.3, -0.25) is 0 Å². The average Bonchev–Trinajstić information content (AvgIpc) is 3.65. The van der Waals surface area contributed by atoms with Gasteiger partial charge in [0.25, 0.3) is 0 Å². The lowest BCUT2D eigenvalue weighted by Gasteiger charge is -2.28. The largest absolute Gasteiger partial charge is 0.309 e. The van der Waals surface area contributed by atoms with Crippen LogP contribution in [0.25, 0.3) is 86.2 Å². The summed E-state index contributed by atoms with van der Waals surface area (Å²) in [6.07, 6.45) is 0. The standard InChI is InChI=1S/C48H28N2/c1-28-19-20-37-46-38(28)21-29(27-49)22-42(46)44-25-31-24-40-41(36-18-10-17-35-34-16-9-8-11-30(34)23-43(40)45(35)36)26-39(31)48(47(37)44)50(32-12-4-2-5-13-32)33-14-6-3-7-15-33/h2-26H,1H3. The van der Waals surface area contributed by atoms with Crippen molar-refractivity contribution in [2.45, 2.75) is 6.92 Å². The Morgan fingerprint density at radius 2 is 0.960 bits per heavy atom. The first-order valence-corrected chi connectivity index (χ1v) is 17.2. The van der Waals surface area contributed by atoms with Gasteiger partial charge in [0.15, 0.2) is 0 Å². The molecule has 50 heavy (non-hydrogen) atoms. The Morgan fingerprint density at radius 1 is 0.400 bits per heavy atom. The SMILES string of the molecule is Cc1ccc2c3c(N(c4ccccc4)c4ccccc4)c4cc5c(cc4cc3c3cc(C#N)cc1c32)c1cc2ccccc2c2cccc5c21. The second-order valence-electron chi connectivity index (χ2n) is 13.6. The molecule has 0 aliphatic rings. The number of nitriles is 1. The Morgan fingerprint density at radius 3 is 1.72 bits per heavy atom. The second kappa shape index (κ2) is 9.92. The molecule has 0 unspecified atom stereocenters. The van der Waals surface area contributed by atoms with Crippen LogP contribution in [-0.4, -0.2) is 0 Å². The van der Waals surface area contributed by atoms with Crippen molar-refractivity contribution in [1.29, 1.82) is 5.26 Å². The molecule has 0 saturated carbocycles. The fourth-order valence-corrected chi connectivity index (χ4v) is 8.86. The van der Waals surface area contributed by atoms with Crippen LogP contribution in [0.2, 0.25) is 0 Å². The van der Waals surface area contributed by atoms with Crippen LogP contribution in [-0.2, 0) is 0 Å². The van der Waals surface area contributed by atoms with E-state index in [2.05, 4.69) is 170 Å². The molecular formula is C48H28N2. The fraction of sp³-hybridized carbons (Fsp3) is 0.0208. The van der Waals surface area contributed by atoms with E-state index in [-0.39, 0.29) is 0 Å². The first kappa shape index (κ1) is 27.3. The van der Waals surface area contributed by atoms with E-state index in [1.165, 1.54) is 81.0 Å². The third kappa shape index (κ3) is 3.56. The summed E-state index contributed by atoms with van der Waals surface area (Å²) < 4.78 is 0. The number of para-hydroxylation sites is 2. The summed E-state index contributed by atoms with van der Waals surface area (Å²) in [5.74, 6) is 0. The minimum Gasteiger partial charge on any atom is -0.309 e. The van der Waals surface area contributed by atoms with Gasteiger partial charge in [-0.15, -0.1) is 0 Å². The molecule has 2 heteroatoms. The lowest BCUT2D eigenvalue weighted by atomic mass is 9.97. The summed E-state index contributed by atoms with van der Waals surface area (Å²) in [5, 5.41) is 30.0. The lowest BCUT2D eigenvalue weighted by molar-refractivity contribution is 1.31. The Balaban J connectivity index is 1.40. The fourth-order valence-electron chi connectivity index (χ4n) is 8.86. The Kier molecular flexibility index (Phi) is 5.41. The molecule has 0 aromatic heterocycles. The van der Waals surface area contributed by atoms with Crippen LogP contribution < -0.4 is 4.90 Å². The maximum atomic E-state index is 10.2. The van der Waals surface area contributed by atoms with Crippen molar-refractivity contribution < 1.29 is 0 Å². The zero-order valence-corrected chi connectivity index (χ0v) is 27.3. The number of aryl methyl sites for hydroxylation is 1. The molecule has 0 aliphatic carbocycles. The molecule has 11 aromatic rings. The molecule has 0 radical (unpaired) electrons. The van der Waals surface area contributed by atoms with Gasteiger partial charge in [0.2, 0.25) is 0 Å². The van der Waals surface area contributed by atoms with Crippen LogP contribution in [0.5, 0.6) is 0 Å². The lowest BCUT2D eigenvalue weighted by Crippen LogP contribution is -2.10. The molecule has 0 bridgehead atoms. The Bertz CT molecular complexity index is 3170. The molecule has 0 fully saturated rings. The first-order chi connectivity index (χ1) is 24.7. The van der Waals surface area contributed by atoms with E-state index in [4.69, 9.17) is 0 Å². The van der Waals surface area contributed by atoms with Crippen molar-refractivity contribution in [2.75, 3.05) is 4.90 Å². The molecule has 0 amide bonds. The summed E-state index contributed by atoms with van der Waals surface area (Å²) in [4.78, 5) is 2.44. The number of fused-ring (bicyclic) bond motifs is 9. The van der Waals surface area contributed by atoms with Crippen molar-refractivity contribution in [2.24, 2.45) is 0 Å². The van der Waals surface area contributed by atoms with E-state index in [0.717, 1.165) is 27.8 Å². The van der Waals surface area contributed by atoms with E-state index >= 15 is 0 Å². The van der Waals surface area contributed by atoms with Gasteiger partial charge >= 0.3 is 0 Å². The quantitative estimate of drug-likeness (QED) is 0.181. The molecule has 11 aromatic carbocycles. The van der Waals surface area contributed by atoms with E-state index in [1.807, 2.05) is 0 Å². The molecule has 0 heterocycles. The number of hydrogen-bond acceptors (Lipinski definition) is 2. The molecule has 230 valence electrons. The number of benzene rings is 9. The molecule has 2 nitrogen and oxygen atoms in total. The third-order valence-corrected chi connectivity index (χ3v) is 11.0. The number of nitrogens with zero attached hydrogens (tertiary/aromatic N) is 2. The van der Waals surface area contributed by atoms with Crippen LogP contribution in [0, 0.1) is 18.3 Å². The molecular weight excluding hydrogens is 605 g/mol. The van der Waals surface area contributed by atoms with Crippen LogP contribution in [0.1, 0.15) is 11.1 Å². The van der Waals surface area contributed by atoms with E-state index in [1.54, 1.807) is 0 Å². The molecule has 0 aliphatic heterocycles. The Hall–Kier alpha value is -6.69. The van der Waals surface area contributed by atoms with Gasteiger partial charge in [-0.25, -0.2) is 0 Å². The minimum absolute atomic E-state index is 0.688. The van der Waals surface area contributed by atoms with Crippen molar-refractivity contribution in [3.8, 4) is 6.07 Å². The zero-order valence-electron chi connectivity index (χ0n) is 27.3. The van der Waals surface area contributed by atoms with Gasteiger partial charge in [-0.05, 0) is 149 Å².